The minimum atomic E-state index is -0.553. The average Bonchev–Trinajstić information content (AvgIpc) is 3.09. The number of hydrogen-bond acceptors (Lipinski definition) is 5. The molecule has 1 N–H and O–H groups in total. The zero-order valence-corrected chi connectivity index (χ0v) is 17.2. The first-order valence-electron chi connectivity index (χ1n) is 9.41. The number of fused-ring (bicyclic) bond motifs is 1. The van der Waals surface area contributed by atoms with Crippen LogP contribution in [0.4, 0.5) is 10.5 Å². The second kappa shape index (κ2) is 9.05. The second-order valence-corrected chi connectivity index (χ2v) is 6.39. The first kappa shape index (κ1) is 20.8. The maximum atomic E-state index is 11.7. The van der Waals surface area contributed by atoms with E-state index in [2.05, 4.69) is 22.5 Å². The molecule has 0 radical (unpaired) electrons. The van der Waals surface area contributed by atoms with Gasteiger partial charge in [-0.1, -0.05) is 24.8 Å². The molecule has 0 spiro atoms. The van der Waals surface area contributed by atoms with Gasteiger partial charge < -0.3 is 18.8 Å². The highest BCUT2D eigenvalue weighted by Crippen LogP contribution is 2.39. The molecule has 2 aromatic carbocycles. The van der Waals surface area contributed by atoms with E-state index in [9.17, 15) is 10.1 Å². The molecular formula is C23H23N3O4. The van der Waals surface area contributed by atoms with Gasteiger partial charge in [-0.3, -0.25) is 5.32 Å². The van der Waals surface area contributed by atoms with Gasteiger partial charge >= 0.3 is 6.09 Å². The Bertz CT molecular complexity index is 1120. The number of carbonyl (C=O) groups excluding carboxylic acids is 1. The van der Waals surface area contributed by atoms with Gasteiger partial charge in [-0.15, -0.1) is 0 Å². The standard InChI is InChI=1S/C23H23N3O4/c1-5-11-30-23(27)25-16-9-7-15(8-10-16)22-18(14-24)17-12-20(28-3)21(29-4)13-19(17)26(22)6-2/h5,7-10,12-13H,1,6,11H2,2-4H3,(H,25,27). The molecule has 1 amide bonds. The van der Waals surface area contributed by atoms with Crippen molar-refractivity contribution < 1.29 is 19.0 Å². The van der Waals surface area contributed by atoms with Crippen LogP contribution in [-0.4, -0.2) is 31.5 Å². The lowest BCUT2D eigenvalue weighted by Gasteiger charge is -2.11. The van der Waals surface area contributed by atoms with Crippen LogP contribution < -0.4 is 14.8 Å². The van der Waals surface area contributed by atoms with Crippen LogP contribution in [0.2, 0.25) is 0 Å². The molecule has 3 aromatic rings. The van der Waals surface area contributed by atoms with Gasteiger partial charge in [-0.05, 0) is 30.7 Å². The van der Waals surface area contributed by atoms with Crippen molar-refractivity contribution in [2.45, 2.75) is 13.5 Å². The lowest BCUT2D eigenvalue weighted by atomic mass is 10.1. The summed E-state index contributed by atoms with van der Waals surface area (Å²) in [5.41, 5.74) is 3.68. The molecule has 0 aliphatic rings. The monoisotopic (exact) mass is 405 g/mol. The maximum Gasteiger partial charge on any atom is 0.411 e. The number of amides is 1. The molecule has 7 nitrogen and oxygen atoms in total. The van der Waals surface area contributed by atoms with Gasteiger partial charge in [-0.2, -0.15) is 5.26 Å². The first-order valence-corrected chi connectivity index (χ1v) is 9.41. The molecule has 3 rings (SSSR count). The summed E-state index contributed by atoms with van der Waals surface area (Å²) in [4.78, 5) is 11.7. The quantitative estimate of drug-likeness (QED) is 0.562. The van der Waals surface area contributed by atoms with Gasteiger partial charge in [0.15, 0.2) is 11.5 Å². The number of benzene rings is 2. The van der Waals surface area contributed by atoms with E-state index in [4.69, 9.17) is 14.2 Å². The molecule has 30 heavy (non-hydrogen) atoms. The summed E-state index contributed by atoms with van der Waals surface area (Å²) >= 11 is 0. The number of nitrogens with zero attached hydrogens (tertiary/aromatic N) is 2. The number of anilines is 1. The first-order chi connectivity index (χ1) is 14.6. The highest BCUT2D eigenvalue weighted by molar-refractivity contribution is 5.96. The smallest absolute Gasteiger partial charge is 0.411 e. The Kier molecular flexibility index (Phi) is 6.28. The predicted molar refractivity (Wildman–Crippen MR) is 116 cm³/mol. The summed E-state index contributed by atoms with van der Waals surface area (Å²) in [6, 6.07) is 13.3. The van der Waals surface area contributed by atoms with E-state index in [1.54, 1.807) is 26.4 Å². The van der Waals surface area contributed by atoms with Gasteiger partial charge in [0, 0.05) is 23.7 Å². The molecule has 7 heteroatoms. The van der Waals surface area contributed by atoms with Crippen LogP contribution in [0.3, 0.4) is 0 Å². The number of methoxy groups -OCH3 is 2. The Morgan fingerprint density at radius 2 is 1.87 bits per heavy atom. The van der Waals surface area contributed by atoms with Crippen molar-refractivity contribution in [2.75, 3.05) is 26.1 Å². The summed E-state index contributed by atoms with van der Waals surface area (Å²) in [6.07, 6.45) is 0.946. The molecule has 0 saturated carbocycles. The molecule has 1 aromatic heterocycles. The lowest BCUT2D eigenvalue weighted by Crippen LogP contribution is -2.13. The highest BCUT2D eigenvalue weighted by Gasteiger charge is 2.20. The lowest BCUT2D eigenvalue weighted by molar-refractivity contribution is 0.174. The molecule has 0 fully saturated rings. The van der Waals surface area contributed by atoms with Gasteiger partial charge in [0.1, 0.15) is 12.7 Å². The number of aromatic nitrogens is 1. The molecule has 0 unspecified atom stereocenters. The van der Waals surface area contributed by atoms with Crippen LogP contribution in [0.1, 0.15) is 12.5 Å². The van der Waals surface area contributed by atoms with Crippen LogP contribution in [-0.2, 0) is 11.3 Å². The minimum Gasteiger partial charge on any atom is -0.493 e. The third-order valence-electron chi connectivity index (χ3n) is 4.73. The number of hydrogen-bond donors (Lipinski definition) is 1. The van der Waals surface area contributed by atoms with Gasteiger partial charge in [0.25, 0.3) is 0 Å². The maximum absolute atomic E-state index is 11.7. The van der Waals surface area contributed by atoms with Crippen molar-refractivity contribution in [3.63, 3.8) is 0 Å². The summed E-state index contributed by atoms with van der Waals surface area (Å²) in [5.74, 6) is 1.17. The predicted octanol–water partition coefficient (Wildman–Crippen LogP) is 4.95. The van der Waals surface area contributed by atoms with Gasteiger partial charge in [-0.25, -0.2) is 4.79 Å². The molecule has 0 atom stereocenters. The van der Waals surface area contributed by atoms with Crippen molar-refractivity contribution in [2.24, 2.45) is 0 Å². The molecule has 0 aliphatic heterocycles. The van der Waals surface area contributed by atoms with Crippen LogP contribution in [0.5, 0.6) is 11.5 Å². The van der Waals surface area contributed by atoms with Crippen LogP contribution in [0, 0.1) is 11.3 Å². The number of ether oxygens (including phenoxy) is 3. The average molecular weight is 405 g/mol. The third-order valence-corrected chi connectivity index (χ3v) is 4.73. The van der Waals surface area contributed by atoms with Gasteiger partial charge in [0.2, 0.25) is 0 Å². The van der Waals surface area contributed by atoms with E-state index in [0.29, 0.717) is 29.3 Å². The Morgan fingerprint density at radius 1 is 1.20 bits per heavy atom. The number of nitrogens with one attached hydrogen (secondary N) is 1. The van der Waals surface area contributed by atoms with Crippen molar-refractivity contribution >= 4 is 22.7 Å². The number of aryl methyl sites for hydroxylation is 1. The second-order valence-electron chi connectivity index (χ2n) is 6.39. The van der Waals surface area contributed by atoms with E-state index in [0.717, 1.165) is 22.2 Å². The molecule has 0 saturated heterocycles. The van der Waals surface area contributed by atoms with Crippen molar-refractivity contribution in [3.05, 3.63) is 54.6 Å². The van der Waals surface area contributed by atoms with E-state index in [-0.39, 0.29) is 6.61 Å². The number of nitriles is 1. The van der Waals surface area contributed by atoms with E-state index >= 15 is 0 Å². The zero-order chi connectivity index (χ0) is 21.7. The normalized spacial score (nSPS) is 10.3. The number of rotatable bonds is 7. The SMILES string of the molecule is C=CCOC(=O)Nc1ccc(-c2c(C#N)c3cc(OC)c(OC)cc3n2CC)cc1. The van der Waals surface area contributed by atoms with Gasteiger partial charge in [0.05, 0.1) is 31.0 Å². The summed E-state index contributed by atoms with van der Waals surface area (Å²) in [7, 11) is 3.15. The van der Waals surface area contributed by atoms with E-state index in [1.807, 2.05) is 31.2 Å². The minimum absolute atomic E-state index is 0.138. The van der Waals surface area contributed by atoms with E-state index < -0.39 is 6.09 Å². The Labute approximate surface area is 175 Å². The van der Waals surface area contributed by atoms with Crippen molar-refractivity contribution in [1.82, 2.24) is 4.57 Å². The van der Waals surface area contributed by atoms with Crippen LogP contribution >= 0.6 is 0 Å². The van der Waals surface area contributed by atoms with Crippen LogP contribution in [0.15, 0.2) is 49.1 Å². The topological polar surface area (TPSA) is 85.5 Å². The molecule has 1 heterocycles. The third kappa shape index (κ3) is 3.80. The summed E-state index contributed by atoms with van der Waals surface area (Å²) in [5, 5.41) is 13.4. The molecular weight excluding hydrogens is 382 g/mol. The summed E-state index contributed by atoms with van der Waals surface area (Å²) < 4.78 is 17.8. The Balaban J connectivity index is 2.08. The molecule has 0 bridgehead atoms. The number of carbonyl (C=O) groups is 1. The Morgan fingerprint density at radius 3 is 2.43 bits per heavy atom. The van der Waals surface area contributed by atoms with Crippen molar-refractivity contribution in [1.29, 1.82) is 5.26 Å². The largest absolute Gasteiger partial charge is 0.493 e. The fraction of sp³-hybridized carbons (Fsp3) is 0.217. The zero-order valence-electron chi connectivity index (χ0n) is 17.2. The molecule has 154 valence electrons. The molecule has 0 aliphatic carbocycles. The van der Waals surface area contributed by atoms with Crippen LogP contribution in [0.25, 0.3) is 22.2 Å². The van der Waals surface area contributed by atoms with Crippen molar-refractivity contribution in [3.8, 4) is 28.8 Å². The fourth-order valence-corrected chi connectivity index (χ4v) is 3.42. The van der Waals surface area contributed by atoms with E-state index in [1.165, 1.54) is 6.08 Å². The highest BCUT2D eigenvalue weighted by atomic mass is 16.5. The Hall–Kier alpha value is -3.92. The fourth-order valence-electron chi connectivity index (χ4n) is 3.42. The summed E-state index contributed by atoms with van der Waals surface area (Å²) in [6.45, 7) is 6.33.